The lowest BCUT2D eigenvalue weighted by atomic mass is 9.57. The number of allylic oxidation sites excluding steroid dienone is 2. The van der Waals surface area contributed by atoms with E-state index in [9.17, 15) is 0 Å². The van der Waals surface area contributed by atoms with E-state index < -0.39 is 16.9 Å². The number of likely N-dealkylation sites (N-methyl/N-ethyl adjacent to an activating group) is 1. The fraction of sp³-hybridized carbons (Fsp3) is 0.154. The summed E-state index contributed by atoms with van der Waals surface area (Å²) in [6.07, 6.45) is 4.63. The van der Waals surface area contributed by atoms with Crippen molar-refractivity contribution in [3.63, 3.8) is 0 Å². The second-order valence-electron chi connectivity index (χ2n) is 12.1. The quantitative estimate of drug-likeness (QED) is 0.175. The van der Waals surface area contributed by atoms with Crippen LogP contribution in [0.15, 0.2) is 136 Å². The monoisotopic (exact) mass is 687 g/mol. The van der Waals surface area contributed by atoms with Crippen LogP contribution in [0.1, 0.15) is 40.9 Å². The number of carbonyl (C=O) groups excluding carboxylic acids is 1. The predicted molar refractivity (Wildman–Crippen MR) is 187 cm³/mol. The van der Waals surface area contributed by atoms with Crippen molar-refractivity contribution in [1.29, 1.82) is 0 Å². The van der Waals surface area contributed by atoms with Gasteiger partial charge in [0.2, 0.25) is 0 Å². The molecule has 0 N–H and O–H groups in total. The molecule has 2 unspecified atom stereocenters. The van der Waals surface area contributed by atoms with Gasteiger partial charge in [-0.15, -0.1) is 0 Å². The second-order valence-corrected chi connectivity index (χ2v) is 13.9. The fourth-order valence-electron chi connectivity index (χ4n) is 7.51. The van der Waals surface area contributed by atoms with Crippen LogP contribution in [0.25, 0.3) is 21.9 Å². The van der Waals surface area contributed by atoms with E-state index in [-0.39, 0.29) is 5.78 Å². The molecule has 2 atom stereocenters. The molecule has 212 valence electrons. The van der Waals surface area contributed by atoms with Gasteiger partial charge in [0.05, 0.1) is 11.5 Å². The van der Waals surface area contributed by atoms with Gasteiger partial charge in [-0.25, -0.2) is 0 Å². The number of halogens is 2. The van der Waals surface area contributed by atoms with Gasteiger partial charge in [-0.05, 0) is 81.1 Å². The number of rotatable bonds is 4. The van der Waals surface area contributed by atoms with Crippen LogP contribution in [-0.2, 0) is 5.41 Å². The number of fused-ring (bicyclic) bond motifs is 3. The summed E-state index contributed by atoms with van der Waals surface area (Å²) >= 11 is 7.18. The molecule has 0 aromatic heterocycles. The van der Waals surface area contributed by atoms with Gasteiger partial charge >= 0.3 is 0 Å². The Labute approximate surface area is 270 Å². The zero-order chi connectivity index (χ0) is 29.9. The average Bonchev–Trinajstić information content (AvgIpc) is 3.19. The molecular formula is C39H31Br2NO. The van der Waals surface area contributed by atoms with E-state index in [4.69, 9.17) is 0 Å². The molecule has 5 aromatic rings. The largest absolute Gasteiger partial charge is 0.363 e. The third-order valence-electron chi connectivity index (χ3n) is 9.56. The zero-order valence-corrected chi connectivity index (χ0v) is 27.5. The van der Waals surface area contributed by atoms with Crippen molar-refractivity contribution in [2.75, 3.05) is 11.9 Å². The van der Waals surface area contributed by atoms with Gasteiger partial charge in [0, 0.05) is 32.7 Å². The first-order valence-electron chi connectivity index (χ1n) is 14.5. The minimum absolute atomic E-state index is 0.116. The minimum atomic E-state index is -0.702. The average molecular weight is 689 g/mol. The van der Waals surface area contributed by atoms with Crippen LogP contribution in [0, 0.1) is 5.92 Å². The maximum atomic E-state index is 15.1. The standard InChI is InChI=1S/C39H31Br2NO/c1-38(2)35-32-12-8-7-11-27(32)17-22-34(35)42(3)39(38)24-29(25-13-18-30(40)19-14-25)23-33(26-9-5-4-6-10-26)36(39)37(43)28-15-20-31(41)21-16-28/h4-24,36H,1-3H3. The van der Waals surface area contributed by atoms with Crippen molar-refractivity contribution in [3.05, 3.63) is 159 Å². The summed E-state index contributed by atoms with van der Waals surface area (Å²) < 4.78 is 1.99. The maximum Gasteiger partial charge on any atom is 0.173 e. The maximum absolute atomic E-state index is 15.1. The molecule has 0 radical (unpaired) electrons. The summed E-state index contributed by atoms with van der Waals surface area (Å²) in [5.41, 5.74) is 6.34. The number of anilines is 1. The van der Waals surface area contributed by atoms with Crippen LogP contribution in [0.3, 0.4) is 0 Å². The van der Waals surface area contributed by atoms with Gasteiger partial charge in [0.25, 0.3) is 0 Å². The van der Waals surface area contributed by atoms with Crippen LogP contribution < -0.4 is 4.90 Å². The van der Waals surface area contributed by atoms with E-state index in [0.29, 0.717) is 5.56 Å². The summed E-state index contributed by atoms with van der Waals surface area (Å²) in [6, 6.07) is 39.8. The molecule has 1 heterocycles. The van der Waals surface area contributed by atoms with Gasteiger partial charge in [-0.2, -0.15) is 0 Å². The number of hydrogen-bond donors (Lipinski definition) is 0. The Kier molecular flexibility index (Phi) is 6.83. The number of Topliss-reactive ketones (excluding diaryl/α,β-unsaturated/α-hetero) is 1. The molecule has 0 saturated heterocycles. The first-order chi connectivity index (χ1) is 20.7. The van der Waals surface area contributed by atoms with Crippen molar-refractivity contribution in [1.82, 2.24) is 0 Å². The smallest absolute Gasteiger partial charge is 0.173 e. The first-order valence-corrected chi connectivity index (χ1v) is 16.1. The SMILES string of the molecule is CN1c2ccc3ccccc3c2C(C)(C)C12C=C(c1ccc(Br)cc1)C=C(c1ccccc1)C2C(=O)c1ccc(Br)cc1. The molecule has 0 saturated carbocycles. The molecule has 0 amide bonds. The molecule has 1 aliphatic heterocycles. The molecule has 2 nitrogen and oxygen atoms in total. The molecule has 4 heteroatoms. The van der Waals surface area contributed by atoms with Crippen LogP contribution in [-0.4, -0.2) is 18.4 Å². The number of benzene rings is 5. The van der Waals surface area contributed by atoms with Crippen molar-refractivity contribution in [3.8, 4) is 0 Å². The van der Waals surface area contributed by atoms with E-state index in [0.717, 1.165) is 36.9 Å². The third kappa shape index (κ3) is 4.29. The topological polar surface area (TPSA) is 20.3 Å². The summed E-state index contributed by atoms with van der Waals surface area (Å²) in [6.45, 7) is 4.65. The summed E-state index contributed by atoms with van der Waals surface area (Å²) in [7, 11) is 2.17. The van der Waals surface area contributed by atoms with Crippen molar-refractivity contribution in [2.45, 2.75) is 24.8 Å². The van der Waals surface area contributed by atoms with Crippen LogP contribution in [0.4, 0.5) is 5.69 Å². The second kappa shape index (κ2) is 10.5. The molecular weight excluding hydrogens is 658 g/mol. The summed E-state index contributed by atoms with van der Waals surface area (Å²) in [4.78, 5) is 17.5. The highest BCUT2D eigenvalue weighted by Crippen LogP contribution is 2.61. The lowest BCUT2D eigenvalue weighted by Crippen LogP contribution is -2.61. The Morgan fingerprint density at radius 2 is 1.35 bits per heavy atom. The van der Waals surface area contributed by atoms with Crippen LogP contribution in [0.5, 0.6) is 0 Å². The van der Waals surface area contributed by atoms with Crippen molar-refractivity contribution in [2.24, 2.45) is 5.92 Å². The Morgan fingerprint density at radius 1 is 0.721 bits per heavy atom. The molecule has 0 fully saturated rings. The lowest BCUT2D eigenvalue weighted by Gasteiger charge is -2.52. The molecule has 7 rings (SSSR count). The molecule has 0 bridgehead atoms. The van der Waals surface area contributed by atoms with Crippen LogP contribution in [0.2, 0.25) is 0 Å². The van der Waals surface area contributed by atoms with Gasteiger partial charge in [-0.1, -0.05) is 131 Å². The van der Waals surface area contributed by atoms with E-state index >= 15 is 4.79 Å². The minimum Gasteiger partial charge on any atom is -0.363 e. The molecule has 2 aliphatic rings. The summed E-state index contributed by atoms with van der Waals surface area (Å²) in [5.74, 6) is -0.354. The van der Waals surface area contributed by atoms with E-state index in [2.05, 4.69) is 155 Å². The van der Waals surface area contributed by atoms with E-state index in [1.807, 2.05) is 30.3 Å². The number of ketones is 1. The Bertz CT molecular complexity index is 1940. The number of carbonyl (C=O) groups is 1. The number of hydrogen-bond acceptors (Lipinski definition) is 2. The molecule has 1 spiro atoms. The highest BCUT2D eigenvalue weighted by atomic mass is 79.9. The normalized spacial score (nSPS) is 20.6. The van der Waals surface area contributed by atoms with Crippen LogP contribution >= 0.6 is 31.9 Å². The zero-order valence-electron chi connectivity index (χ0n) is 24.3. The lowest BCUT2D eigenvalue weighted by molar-refractivity contribution is 0.0886. The Morgan fingerprint density at radius 3 is 2.05 bits per heavy atom. The molecule has 5 aromatic carbocycles. The number of nitrogens with zero attached hydrogens (tertiary/aromatic N) is 1. The van der Waals surface area contributed by atoms with Gasteiger partial charge < -0.3 is 4.90 Å². The Balaban J connectivity index is 1.57. The van der Waals surface area contributed by atoms with Gasteiger partial charge in [-0.3, -0.25) is 4.79 Å². The first kappa shape index (κ1) is 28.1. The van der Waals surface area contributed by atoms with Crippen molar-refractivity contribution >= 4 is 65.2 Å². The highest BCUT2D eigenvalue weighted by molar-refractivity contribution is 9.10. The van der Waals surface area contributed by atoms with Gasteiger partial charge in [0.15, 0.2) is 5.78 Å². The van der Waals surface area contributed by atoms with E-state index in [1.54, 1.807) is 0 Å². The summed E-state index contributed by atoms with van der Waals surface area (Å²) in [5, 5.41) is 2.44. The highest BCUT2D eigenvalue weighted by Gasteiger charge is 2.62. The molecule has 43 heavy (non-hydrogen) atoms. The van der Waals surface area contributed by atoms with Gasteiger partial charge in [0.1, 0.15) is 0 Å². The van der Waals surface area contributed by atoms with Crippen molar-refractivity contribution < 1.29 is 4.79 Å². The molecule has 1 aliphatic carbocycles. The fourth-order valence-corrected chi connectivity index (χ4v) is 8.04. The Hall–Kier alpha value is -3.73. The van der Waals surface area contributed by atoms with E-state index in [1.165, 1.54) is 16.3 Å². The third-order valence-corrected chi connectivity index (χ3v) is 10.6. The predicted octanol–water partition coefficient (Wildman–Crippen LogP) is 10.5.